The number of hydrogen-bond donors (Lipinski definition) is 0. The van der Waals surface area contributed by atoms with Gasteiger partial charge >= 0.3 is 0 Å². The largest absolute Gasteiger partial charge is 0.490 e. The summed E-state index contributed by atoms with van der Waals surface area (Å²) in [7, 11) is 0. The van der Waals surface area contributed by atoms with E-state index in [4.69, 9.17) is 14.2 Å². The van der Waals surface area contributed by atoms with Crippen LogP contribution in [0.1, 0.15) is 93.7 Å². The summed E-state index contributed by atoms with van der Waals surface area (Å²) < 4.78 is 104. The van der Waals surface area contributed by atoms with Crippen LogP contribution in [0.15, 0.2) is 36.4 Å². The topological polar surface area (TPSA) is 27.7 Å². The summed E-state index contributed by atoms with van der Waals surface area (Å²) in [6.45, 7) is 3.95. The molecule has 3 nitrogen and oxygen atoms in total. The van der Waals surface area contributed by atoms with Crippen LogP contribution < -0.4 is 14.2 Å². The van der Waals surface area contributed by atoms with E-state index in [1.165, 1.54) is 30.3 Å². The van der Waals surface area contributed by atoms with Gasteiger partial charge in [0.05, 0.1) is 13.2 Å². The Kier molecular flexibility index (Phi) is 11.0. The van der Waals surface area contributed by atoms with Crippen molar-refractivity contribution < 1.29 is 40.6 Å². The third-order valence-corrected chi connectivity index (χ3v) is 7.78. The highest BCUT2D eigenvalue weighted by molar-refractivity contribution is 5.36. The lowest BCUT2D eigenvalue weighted by Gasteiger charge is -2.30. The molecule has 0 aliphatic heterocycles. The van der Waals surface area contributed by atoms with Gasteiger partial charge in [-0.2, -0.15) is 13.2 Å². The van der Waals surface area contributed by atoms with Gasteiger partial charge in [-0.1, -0.05) is 44.9 Å². The zero-order valence-electron chi connectivity index (χ0n) is 23.9. The van der Waals surface area contributed by atoms with Crippen molar-refractivity contribution in [3.05, 3.63) is 88.0 Å². The van der Waals surface area contributed by atoms with Gasteiger partial charge in [-0.15, -0.1) is 0 Å². The molecule has 42 heavy (non-hydrogen) atoms. The highest BCUT2D eigenvalue weighted by Gasteiger charge is 2.30. The Morgan fingerprint density at radius 2 is 0.929 bits per heavy atom. The van der Waals surface area contributed by atoms with E-state index >= 15 is 4.39 Å². The second kappa shape index (κ2) is 14.7. The van der Waals surface area contributed by atoms with Gasteiger partial charge in [0.25, 0.3) is 0 Å². The van der Waals surface area contributed by atoms with Crippen molar-refractivity contribution >= 4 is 0 Å². The van der Waals surface area contributed by atoms with Crippen LogP contribution in [0.25, 0.3) is 0 Å². The van der Waals surface area contributed by atoms with Crippen molar-refractivity contribution in [1.82, 2.24) is 0 Å². The minimum atomic E-state index is -1.27. The number of ether oxygens (including phenoxy) is 3. The van der Waals surface area contributed by atoms with Gasteiger partial charge in [0.1, 0.15) is 6.61 Å². The smallest absolute Gasteiger partial charge is 0.204 e. The molecule has 3 aromatic carbocycles. The van der Waals surface area contributed by atoms with Crippen molar-refractivity contribution in [2.24, 2.45) is 0 Å². The minimum Gasteiger partial charge on any atom is -0.490 e. The number of halogens is 6. The molecular formula is C33H36F6O3. The van der Waals surface area contributed by atoms with E-state index in [1.807, 2.05) is 13.8 Å². The summed E-state index contributed by atoms with van der Waals surface area (Å²) in [6, 6.07) is 8.23. The van der Waals surface area contributed by atoms with Crippen LogP contribution >= 0.6 is 0 Å². The molecule has 1 fully saturated rings. The molecule has 4 rings (SSSR count). The Balaban J connectivity index is 1.38. The van der Waals surface area contributed by atoms with Crippen molar-refractivity contribution in [2.75, 3.05) is 13.2 Å². The monoisotopic (exact) mass is 594 g/mol. The summed E-state index contributed by atoms with van der Waals surface area (Å²) in [4.78, 5) is 0. The maximum atomic E-state index is 15.1. The average Bonchev–Trinajstić information content (AvgIpc) is 2.99. The molecule has 0 bridgehead atoms. The van der Waals surface area contributed by atoms with E-state index < -0.39 is 47.3 Å². The molecule has 228 valence electrons. The normalized spacial score (nSPS) is 16.9. The van der Waals surface area contributed by atoms with Crippen molar-refractivity contribution in [3.63, 3.8) is 0 Å². The Morgan fingerprint density at radius 1 is 0.524 bits per heavy atom. The van der Waals surface area contributed by atoms with Crippen molar-refractivity contribution in [3.8, 4) is 17.2 Å². The first-order valence-electron chi connectivity index (χ1n) is 14.6. The van der Waals surface area contributed by atoms with E-state index in [-0.39, 0.29) is 46.6 Å². The first-order chi connectivity index (χ1) is 20.3. The molecule has 0 spiro atoms. The second-order valence-electron chi connectivity index (χ2n) is 10.7. The number of rotatable bonds is 13. The number of hydrogen-bond acceptors (Lipinski definition) is 3. The lowest BCUT2D eigenvalue weighted by Crippen LogP contribution is -2.16. The SMILES string of the molecule is CCCCOc1ccc(OCc2ccc(C3CCC(c4ccc(OCCCC)c(F)c4F)CC3)c(F)c2F)c(F)c1F. The Hall–Kier alpha value is -3.36. The summed E-state index contributed by atoms with van der Waals surface area (Å²) in [5, 5.41) is 0. The predicted octanol–water partition coefficient (Wildman–Crippen LogP) is 9.90. The average molecular weight is 595 g/mol. The second-order valence-corrected chi connectivity index (χ2v) is 10.7. The van der Waals surface area contributed by atoms with Gasteiger partial charge in [-0.3, -0.25) is 0 Å². The van der Waals surface area contributed by atoms with Crippen LogP contribution in [0.2, 0.25) is 0 Å². The summed E-state index contributed by atoms with van der Waals surface area (Å²) >= 11 is 0. The van der Waals surface area contributed by atoms with Crippen LogP contribution in [0, 0.1) is 34.9 Å². The molecular weight excluding hydrogens is 558 g/mol. The van der Waals surface area contributed by atoms with Gasteiger partial charge < -0.3 is 14.2 Å². The standard InChI is InChI=1S/C33H36F6O3/c1-3-5-17-40-25-14-13-24(30(36)31(25)37)21-9-7-20(8-10-21)23-12-11-22(28(34)29(23)35)19-42-27-16-15-26(32(38)33(27)39)41-18-6-4-2/h11-16,20-21H,3-10,17-19H2,1-2H3. The lowest BCUT2D eigenvalue weighted by atomic mass is 9.75. The van der Waals surface area contributed by atoms with E-state index in [0.29, 0.717) is 38.7 Å². The van der Waals surface area contributed by atoms with Gasteiger partial charge in [-0.05, 0) is 79.7 Å². The van der Waals surface area contributed by atoms with Crippen LogP contribution in [0.4, 0.5) is 26.3 Å². The Labute approximate surface area is 242 Å². The third kappa shape index (κ3) is 7.16. The molecule has 3 aromatic rings. The Morgan fingerprint density at radius 3 is 1.43 bits per heavy atom. The van der Waals surface area contributed by atoms with Gasteiger partial charge in [0, 0.05) is 5.56 Å². The summed E-state index contributed by atoms with van der Waals surface area (Å²) in [5.41, 5.74) is 0.302. The van der Waals surface area contributed by atoms with Gasteiger partial charge in [0.15, 0.2) is 34.7 Å². The van der Waals surface area contributed by atoms with Crippen LogP contribution in [-0.2, 0) is 6.61 Å². The van der Waals surface area contributed by atoms with Crippen LogP contribution in [0.5, 0.6) is 17.2 Å². The fourth-order valence-electron chi connectivity index (χ4n) is 5.27. The predicted molar refractivity (Wildman–Crippen MR) is 148 cm³/mol. The van der Waals surface area contributed by atoms with Crippen molar-refractivity contribution in [1.29, 1.82) is 0 Å². The van der Waals surface area contributed by atoms with E-state index in [2.05, 4.69) is 0 Å². The molecule has 1 aliphatic rings. The van der Waals surface area contributed by atoms with Gasteiger partial charge in [-0.25, -0.2) is 13.2 Å². The maximum Gasteiger partial charge on any atom is 0.204 e. The Bertz CT molecular complexity index is 1350. The van der Waals surface area contributed by atoms with Gasteiger partial charge in [0.2, 0.25) is 17.5 Å². The quantitative estimate of drug-likeness (QED) is 0.146. The zero-order valence-corrected chi connectivity index (χ0v) is 23.9. The molecule has 9 heteroatoms. The van der Waals surface area contributed by atoms with Crippen LogP contribution in [-0.4, -0.2) is 13.2 Å². The first-order valence-corrected chi connectivity index (χ1v) is 14.6. The van der Waals surface area contributed by atoms with E-state index in [0.717, 1.165) is 19.3 Å². The summed E-state index contributed by atoms with van der Waals surface area (Å²) in [6.07, 6.45) is 5.00. The molecule has 1 aliphatic carbocycles. The molecule has 0 N–H and O–H groups in total. The lowest BCUT2D eigenvalue weighted by molar-refractivity contribution is 0.263. The maximum absolute atomic E-state index is 15.1. The molecule has 1 saturated carbocycles. The molecule has 0 radical (unpaired) electrons. The zero-order chi connectivity index (χ0) is 30.2. The first kappa shape index (κ1) is 31.6. The van der Waals surface area contributed by atoms with E-state index in [9.17, 15) is 22.0 Å². The molecule has 0 aromatic heterocycles. The third-order valence-electron chi connectivity index (χ3n) is 7.78. The highest BCUT2D eigenvalue weighted by atomic mass is 19.2. The molecule has 0 amide bonds. The van der Waals surface area contributed by atoms with Crippen LogP contribution in [0.3, 0.4) is 0 Å². The fraction of sp³-hybridized carbons (Fsp3) is 0.455. The summed E-state index contributed by atoms with van der Waals surface area (Å²) in [5.74, 6) is -7.91. The number of benzene rings is 3. The fourth-order valence-corrected chi connectivity index (χ4v) is 5.27. The molecule has 0 saturated heterocycles. The highest BCUT2D eigenvalue weighted by Crippen LogP contribution is 2.43. The number of unbranched alkanes of at least 4 members (excludes halogenated alkanes) is 2. The van der Waals surface area contributed by atoms with E-state index in [1.54, 1.807) is 6.07 Å². The molecule has 0 atom stereocenters. The molecule has 0 unspecified atom stereocenters. The molecule has 0 heterocycles. The minimum absolute atomic E-state index is 0.110. The van der Waals surface area contributed by atoms with Crippen molar-refractivity contribution in [2.45, 2.75) is 83.7 Å².